The van der Waals surface area contributed by atoms with Crippen molar-refractivity contribution in [3.8, 4) is 11.5 Å². The third kappa shape index (κ3) is 3.62. The molecule has 0 fully saturated rings. The van der Waals surface area contributed by atoms with E-state index in [4.69, 9.17) is 16.3 Å². The number of halogens is 1. The van der Waals surface area contributed by atoms with Crippen LogP contribution in [0.15, 0.2) is 17.8 Å². The number of methoxy groups -OCH3 is 1. The van der Waals surface area contributed by atoms with Gasteiger partial charge in [0.05, 0.1) is 12.1 Å². The molecule has 2 amide bonds. The number of phenolic OH excluding ortho intramolecular Hbond substituents is 1. The van der Waals surface area contributed by atoms with E-state index in [-0.39, 0.29) is 28.6 Å². The monoisotopic (exact) mass is 284 g/mol. The molecule has 19 heavy (non-hydrogen) atoms. The molecule has 0 bridgehead atoms. The van der Waals surface area contributed by atoms with Crippen LogP contribution in [0.2, 0.25) is 5.02 Å². The van der Waals surface area contributed by atoms with Gasteiger partial charge >= 0.3 is 0 Å². The van der Waals surface area contributed by atoms with Gasteiger partial charge in [-0.25, -0.2) is 0 Å². The van der Waals surface area contributed by atoms with Crippen LogP contribution < -0.4 is 15.4 Å². The molecule has 1 aromatic carbocycles. The summed E-state index contributed by atoms with van der Waals surface area (Å²) in [6.07, 6.45) is 1.75. The van der Waals surface area contributed by atoms with Gasteiger partial charge in [-0.3, -0.25) is 14.9 Å². The quantitative estimate of drug-likeness (QED) is 0.552. The largest absolute Gasteiger partial charge is 0.503 e. The standard InChI is InChI=1S/C12H13ClN2O4/c1-14-9(12(18)15-6-16)4-7-3-8(13)11(17)10(5-7)19-2/h3-6,14,17H,1-2H3,(H,15,16,18)/b9-4+. The van der Waals surface area contributed by atoms with Gasteiger partial charge in [-0.05, 0) is 23.8 Å². The van der Waals surface area contributed by atoms with Gasteiger partial charge in [-0.15, -0.1) is 0 Å². The van der Waals surface area contributed by atoms with E-state index < -0.39 is 5.91 Å². The van der Waals surface area contributed by atoms with Crippen LogP contribution in [-0.4, -0.2) is 31.6 Å². The number of amides is 2. The van der Waals surface area contributed by atoms with Crippen molar-refractivity contribution in [2.75, 3.05) is 14.2 Å². The molecule has 0 aromatic heterocycles. The minimum Gasteiger partial charge on any atom is -0.503 e. The zero-order chi connectivity index (χ0) is 14.4. The fraction of sp³-hybridized carbons (Fsp3) is 0.167. The van der Waals surface area contributed by atoms with Crippen LogP contribution in [0.25, 0.3) is 6.08 Å². The lowest BCUT2D eigenvalue weighted by molar-refractivity contribution is -0.122. The summed E-state index contributed by atoms with van der Waals surface area (Å²) in [5, 5.41) is 14.3. The predicted molar refractivity (Wildman–Crippen MR) is 70.9 cm³/mol. The Kier molecular flexibility index (Phi) is 5.20. The van der Waals surface area contributed by atoms with Crippen molar-refractivity contribution in [2.24, 2.45) is 0 Å². The SMILES string of the molecule is CN/C(=C/c1cc(Cl)c(O)c(OC)c1)C(=O)NC=O. The van der Waals surface area contributed by atoms with Crippen molar-refractivity contribution in [2.45, 2.75) is 0 Å². The lowest BCUT2D eigenvalue weighted by atomic mass is 10.1. The summed E-state index contributed by atoms with van der Waals surface area (Å²) in [4.78, 5) is 21.7. The second-order valence-electron chi connectivity index (χ2n) is 3.45. The first-order chi connectivity index (χ1) is 9.03. The van der Waals surface area contributed by atoms with E-state index in [1.165, 1.54) is 32.4 Å². The molecule has 0 saturated carbocycles. The minimum atomic E-state index is -0.583. The molecule has 7 heteroatoms. The highest BCUT2D eigenvalue weighted by Crippen LogP contribution is 2.35. The fourth-order valence-electron chi connectivity index (χ4n) is 1.38. The van der Waals surface area contributed by atoms with E-state index in [9.17, 15) is 14.7 Å². The van der Waals surface area contributed by atoms with Gasteiger partial charge in [0.2, 0.25) is 6.41 Å². The second-order valence-corrected chi connectivity index (χ2v) is 3.86. The zero-order valence-corrected chi connectivity index (χ0v) is 11.1. The molecule has 1 rings (SSSR count). The maximum Gasteiger partial charge on any atom is 0.273 e. The van der Waals surface area contributed by atoms with E-state index in [2.05, 4.69) is 5.32 Å². The van der Waals surface area contributed by atoms with Crippen molar-refractivity contribution in [3.05, 3.63) is 28.4 Å². The van der Waals surface area contributed by atoms with Gasteiger partial charge in [-0.1, -0.05) is 11.6 Å². The Balaban J connectivity index is 3.18. The first-order valence-electron chi connectivity index (χ1n) is 5.24. The molecular weight excluding hydrogens is 272 g/mol. The zero-order valence-electron chi connectivity index (χ0n) is 10.4. The molecular formula is C12H13ClN2O4. The Bertz CT molecular complexity index is 529. The van der Waals surface area contributed by atoms with Crippen LogP contribution in [-0.2, 0) is 9.59 Å². The van der Waals surface area contributed by atoms with Crippen molar-refractivity contribution in [3.63, 3.8) is 0 Å². The van der Waals surface area contributed by atoms with Crippen molar-refractivity contribution < 1.29 is 19.4 Å². The average molecular weight is 285 g/mol. The number of rotatable bonds is 5. The molecule has 6 nitrogen and oxygen atoms in total. The number of carbonyl (C=O) groups is 2. The number of hydrogen-bond acceptors (Lipinski definition) is 5. The van der Waals surface area contributed by atoms with E-state index in [0.29, 0.717) is 5.56 Å². The summed E-state index contributed by atoms with van der Waals surface area (Å²) in [6.45, 7) is 0. The first kappa shape index (κ1) is 14.8. The molecule has 1 aromatic rings. The summed E-state index contributed by atoms with van der Waals surface area (Å²) in [5.41, 5.74) is 0.695. The Morgan fingerprint density at radius 1 is 1.47 bits per heavy atom. The van der Waals surface area contributed by atoms with E-state index in [0.717, 1.165) is 0 Å². The maximum absolute atomic E-state index is 11.5. The number of aromatic hydroxyl groups is 1. The molecule has 0 spiro atoms. The molecule has 0 aliphatic heterocycles. The smallest absolute Gasteiger partial charge is 0.273 e. The predicted octanol–water partition coefficient (Wildman–Crippen LogP) is 0.887. The highest BCUT2D eigenvalue weighted by molar-refractivity contribution is 6.32. The van der Waals surface area contributed by atoms with Crippen molar-refractivity contribution >= 4 is 30.0 Å². The van der Waals surface area contributed by atoms with Crippen molar-refractivity contribution in [1.29, 1.82) is 0 Å². The molecule has 0 aliphatic carbocycles. The van der Waals surface area contributed by atoms with E-state index >= 15 is 0 Å². The number of nitrogens with one attached hydrogen (secondary N) is 2. The minimum absolute atomic E-state index is 0.0943. The Hall–Kier alpha value is -2.21. The van der Waals surface area contributed by atoms with Crippen LogP contribution in [0, 0.1) is 0 Å². The molecule has 102 valence electrons. The Morgan fingerprint density at radius 3 is 2.68 bits per heavy atom. The summed E-state index contributed by atoms with van der Waals surface area (Å²) >= 11 is 5.83. The highest BCUT2D eigenvalue weighted by Gasteiger charge is 2.11. The number of phenols is 1. The molecule has 0 aliphatic rings. The van der Waals surface area contributed by atoms with Crippen molar-refractivity contribution in [1.82, 2.24) is 10.6 Å². The highest BCUT2D eigenvalue weighted by atomic mass is 35.5. The van der Waals surface area contributed by atoms with Gasteiger partial charge in [0.1, 0.15) is 5.70 Å². The summed E-state index contributed by atoms with van der Waals surface area (Å²) in [7, 11) is 2.92. The molecule has 0 atom stereocenters. The molecule has 0 unspecified atom stereocenters. The normalized spacial score (nSPS) is 10.8. The van der Waals surface area contributed by atoms with E-state index in [1.807, 2.05) is 5.32 Å². The number of hydrogen-bond donors (Lipinski definition) is 3. The van der Waals surface area contributed by atoms with E-state index in [1.54, 1.807) is 0 Å². The van der Waals surface area contributed by atoms with Gasteiger partial charge in [-0.2, -0.15) is 0 Å². The van der Waals surface area contributed by atoms with Gasteiger partial charge in [0.15, 0.2) is 11.5 Å². The van der Waals surface area contributed by atoms with Gasteiger partial charge in [0, 0.05) is 7.05 Å². The number of carbonyl (C=O) groups excluding carboxylic acids is 2. The maximum atomic E-state index is 11.5. The molecule has 3 N–H and O–H groups in total. The second kappa shape index (κ2) is 6.65. The van der Waals surface area contributed by atoms with Gasteiger partial charge < -0.3 is 15.2 Å². The summed E-state index contributed by atoms with van der Waals surface area (Å²) < 4.78 is 4.95. The first-order valence-corrected chi connectivity index (χ1v) is 5.61. The topological polar surface area (TPSA) is 87.7 Å². The number of ether oxygens (including phenoxy) is 1. The summed E-state index contributed by atoms with van der Waals surface area (Å²) in [6, 6.07) is 2.97. The lowest BCUT2D eigenvalue weighted by Gasteiger charge is -2.08. The average Bonchev–Trinajstić information content (AvgIpc) is 2.39. The van der Waals surface area contributed by atoms with Crippen LogP contribution in [0.1, 0.15) is 5.56 Å². The molecule has 0 radical (unpaired) electrons. The Labute approximate surface area is 115 Å². The van der Waals surface area contributed by atoms with Crippen LogP contribution in [0.4, 0.5) is 0 Å². The van der Waals surface area contributed by atoms with Crippen LogP contribution >= 0.6 is 11.6 Å². The summed E-state index contributed by atoms with van der Waals surface area (Å²) in [5.74, 6) is -0.574. The number of likely N-dealkylation sites (N-methyl/N-ethyl adjacent to an activating group) is 1. The Morgan fingerprint density at radius 2 is 2.16 bits per heavy atom. The third-order valence-corrected chi connectivity index (χ3v) is 2.57. The molecule has 0 saturated heterocycles. The fourth-order valence-corrected chi connectivity index (χ4v) is 1.60. The van der Waals surface area contributed by atoms with Crippen LogP contribution in [0.5, 0.6) is 11.5 Å². The van der Waals surface area contributed by atoms with Crippen LogP contribution in [0.3, 0.4) is 0 Å². The third-order valence-electron chi connectivity index (χ3n) is 2.29. The number of benzene rings is 1. The lowest BCUT2D eigenvalue weighted by Crippen LogP contribution is -2.28. The van der Waals surface area contributed by atoms with Gasteiger partial charge in [0.25, 0.3) is 5.91 Å². The number of imide groups is 1. The molecule has 0 heterocycles.